The number of piperidine rings is 1. The van der Waals surface area contributed by atoms with Crippen LogP contribution in [0.5, 0.6) is 5.75 Å². The van der Waals surface area contributed by atoms with Crippen LogP contribution in [0.3, 0.4) is 0 Å². The number of nitrogens with zero attached hydrogens (tertiary/aromatic N) is 3. The number of carbonyl (C=O) groups excluding carboxylic acids is 1. The Morgan fingerprint density at radius 2 is 2.03 bits per heavy atom. The first-order valence-electron chi connectivity index (χ1n) is 10.4. The van der Waals surface area contributed by atoms with Crippen molar-refractivity contribution in [2.24, 2.45) is 5.92 Å². The highest BCUT2D eigenvalue weighted by Crippen LogP contribution is 2.25. The van der Waals surface area contributed by atoms with Crippen LogP contribution in [0.15, 0.2) is 36.8 Å². The van der Waals surface area contributed by atoms with E-state index in [0.29, 0.717) is 13.3 Å². The summed E-state index contributed by atoms with van der Waals surface area (Å²) < 4.78 is 12.9. The van der Waals surface area contributed by atoms with Crippen LogP contribution in [0.4, 0.5) is 4.79 Å². The Balaban J connectivity index is 1.34. The monoisotopic (exact) mass is 398 g/mol. The minimum atomic E-state index is -0.311. The molecule has 7 heteroatoms. The average Bonchev–Trinajstić information content (AvgIpc) is 3.35. The van der Waals surface area contributed by atoms with Crippen molar-refractivity contribution in [3.05, 3.63) is 36.8 Å². The molecule has 2 aliphatic rings. The van der Waals surface area contributed by atoms with Crippen molar-refractivity contribution >= 4 is 6.03 Å². The van der Waals surface area contributed by atoms with Crippen LogP contribution in [-0.4, -0.2) is 59.1 Å². The number of benzene rings is 1. The van der Waals surface area contributed by atoms with E-state index in [1.807, 2.05) is 38.1 Å². The van der Waals surface area contributed by atoms with E-state index in [4.69, 9.17) is 9.47 Å². The normalized spacial score (nSPS) is 19.4. The number of nitrogens with one attached hydrogen (secondary N) is 1. The summed E-state index contributed by atoms with van der Waals surface area (Å²) in [6.07, 6.45) is 6.92. The number of aromatic nitrogens is 2. The first-order valence-corrected chi connectivity index (χ1v) is 10.4. The Bertz CT molecular complexity index is 825. The maximum absolute atomic E-state index is 12.8. The van der Waals surface area contributed by atoms with Gasteiger partial charge in [-0.25, -0.2) is 9.78 Å². The third kappa shape index (κ3) is 4.62. The molecule has 2 aliphatic heterocycles. The topological polar surface area (TPSA) is 68.6 Å². The highest BCUT2D eigenvalue weighted by atomic mass is 16.5. The van der Waals surface area contributed by atoms with E-state index in [-0.39, 0.29) is 11.6 Å². The number of carbonyl (C=O) groups is 1. The Kier molecular flexibility index (Phi) is 5.87. The van der Waals surface area contributed by atoms with Crippen molar-refractivity contribution < 1.29 is 14.3 Å². The van der Waals surface area contributed by atoms with Crippen molar-refractivity contribution in [1.82, 2.24) is 19.8 Å². The summed E-state index contributed by atoms with van der Waals surface area (Å²) in [6.45, 7) is 7.84. The SMILES string of the molecule is CC1(C)COCN1C(=O)n1cnc(-c2ccc(OCCC3CCNCC3)cc2)c1. The second-order valence-electron chi connectivity index (χ2n) is 8.52. The molecule has 0 unspecified atom stereocenters. The third-order valence-electron chi connectivity index (χ3n) is 5.84. The molecule has 0 spiro atoms. The van der Waals surface area contributed by atoms with E-state index in [1.54, 1.807) is 17.4 Å². The molecule has 0 radical (unpaired) electrons. The van der Waals surface area contributed by atoms with Crippen molar-refractivity contribution in [2.75, 3.05) is 33.0 Å². The van der Waals surface area contributed by atoms with Gasteiger partial charge in [-0.2, -0.15) is 0 Å². The van der Waals surface area contributed by atoms with Crippen LogP contribution in [0.25, 0.3) is 11.3 Å². The molecule has 2 aromatic rings. The third-order valence-corrected chi connectivity index (χ3v) is 5.84. The quantitative estimate of drug-likeness (QED) is 0.836. The zero-order chi connectivity index (χ0) is 20.3. The first kappa shape index (κ1) is 19.9. The standard InChI is InChI=1S/C22H30N4O3/c1-22(2)14-28-16-26(22)21(27)25-13-20(24-15-25)18-3-5-19(6-4-18)29-12-9-17-7-10-23-11-8-17/h3-6,13,15,17,23H,7-12,14,16H2,1-2H3. The van der Waals surface area contributed by atoms with Crippen LogP contribution >= 0.6 is 0 Å². The minimum Gasteiger partial charge on any atom is -0.494 e. The molecule has 156 valence electrons. The smallest absolute Gasteiger partial charge is 0.331 e. The van der Waals surface area contributed by atoms with Crippen molar-refractivity contribution in [2.45, 2.75) is 38.6 Å². The van der Waals surface area contributed by atoms with Gasteiger partial charge in [-0.1, -0.05) is 0 Å². The molecule has 2 fully saturated rings. The fourth-order valence-electron chi connectivity index (χ4n) is 3.91. The molecule has 4 rings (SSSR count). The van der Waals surface area contributed by atoms with E-state index in [0.717, 1.165) is 49.0 Å². The zero-order valence-corrected chi connectivity index (χ0v) is 17.3. The van der Waals surface area contributed by atoms with Gasteiger partial charge in [0.15, 0.2) is 0 Å². The fourth-order valence-corrected chi connectivity index (χ4v) is 3.91. The summed E-state index contributed by atoms with van der Waals surface area (Å²) in [4.78, 5) is 18.9. The van der Waals surface area contributed by atoms with Gasteiger partial charge < -0.3 is 14.8 Å². The van der Waals surface area contributed by atoms with E-state index >= 15 is 0 Å². The molecule has 29 heavy (non-hydrogen) atoms. The Morgan fingerprint density at radius 1 is 1.28 bits per heavy atom. The predicted octanol–water partition coefficient (Wildman–Crippen LogP) is 3.36. The summed E-state index contributed by atoms with van der Waals surface area (Å²) >= 11 is 0. The molecule has 1 amide bonds. The Morgan fingerprint density at radius 3 is 2.72 bits per heavy atom. The highest BCUT2D eigenvalue weighted by molar-refractivity contribution is 5.79. The van der Waals surface area contributed by atoms with Crippen molar-refractivity contribution in [3.63, 3.8) is 0 Å². The predicted molar refractivity (Wildman–Crippen MR) is 111 cm³/mol. The van der Waals surface area contributed by atoms with Crippen LogP contribution in [0.2, 0.25) is 0 Å². The average molecular weight is 399 g/mol. The number of imidazole rings is 1. The van der Waals surface area contributed by atoms with Gasteiger partial charge in [-0.15, -0.1) is 0 Å². The van der Waals surface area contributed by atoms with Crippen LogP contribution in [0.1, 0.15) is 33.1 Å². The van der Waals surface area contributed by atoms with E-state index in [1.165, 1.54) is 17.4 Å². The summed E-state index contributed by atoms with van der Waals surface area (Å²) in [5.41, 5.74) is 1.41. The number of rotatable bonds is 5. The second kappa shape index (κ2) is 8.55. The Hall–Kier alpha value is -2.38. The molecule has 0 aliphatic carbocycles. The molecule has 0 bridgehead atoms. The first-order chi connectivity index (χ1) is 14.0. The number of amides is 1. The van der Waals surface area contributed by atoms with Gasteiger partial charge >= 0.3 is 6.03 Å². The summed E-state index contributed by atoms with van der Waals surface area (Å²) in [6, 6.07) is 7.79. The summed E-state index contributed by atoms with van der Waals surface area (Å²) in [5.74, 6) is 1.64. The van der Waals surface area contributed by atoms with E-state index in [9.17, 15) is 4.79 Å². The molecule has 2 saturated heterocycles. The van der Waals surface area contributed by atoms with E-state index in [2.05, 4.69) is 10.3 Å². The Labute approximate surface area is 172 Å². The molecule has 0 saturated carbocycles. The number of hydrogen-bond donors (Lipinski definition) is 1. The van der Waals surface area contributed by atoms with Gasteiger partial charge in [0, 0.05) is 11.8 Å². The van der Waals surface area contributed by atoms with Crippen LogP contribution in [-0.2, 0) is 4.74 Å². The molecular formula is C22H30N4O3. The molecule has 0 atom stereocenters. The van der Waals surface area contributed by atoms with Gasteiger partial charge in [0.2, 0.25) is 0 Å². The van der Waals surface area contributed by atoms with Crippen molar-refractivity contribution in [3.8, 4) is 17.0 Å². The fraction of sp³-hybridized carbons (Fsp3) is 0.545. The number of hydrogen-bond acceptors (Lipinski definition) is 5. The number of ether oxygens (including phenoxy) is 2. The minimum absolute atomic E-state index is 0.121. The zero-order valence-electron chi connectivity index (χ0n) is 17.3. The van der Waals surface area contributed by atoms with Gasteiger partial charge in [0.25, 0.3) is 0 Å². The van der Waals surface area contributed by atoms with Gasteiger partial charge in [0.1, 0.15) is 18.8 Å². The summed E-state index contributed by atoms with van der Waals surface area (Å²) in [7, 11) is 0. The van der Waals surface area contributed by atoms with Crippen molar-refractivity contribution in [1.29, 1.82) is 0 Å². The van der Waals surface area contributed by atoms with Crippen LogP contribution < -0.4 is 10.1 Å². The summed E-state index contributed by atoms with van der Waals surface area (Å²) in [5, 5.41) is 3.39. The van der Waals surface area contributed by atoms with Gasteiger partial charge in [0.05, 0.1) is 24.4 Å². The lowest BCUT2D eigenvalue weighted by Gasteiger charge is -2.28. The lowest BCUT2D eigenvalue weighted by Crippen LogP contribution is -2.45. The molecule has 7 nitrogen and oxygen atoms in total. The second-order valence-corrected chi connectivity index (χ2v) is 8.52. The lowest BCUT2D eigenvalue weighted by molar-refractivity contribution is 0.140. The maximum Gasteiger partial charge on any atom is 0.331 e. The van der Waals surface area contributed by atoms with Gasteiger partial charge in [-0.3, -0.25) is 9.47 Å². The molecule has 1 aromatic carbocycles. The molecular weight excluding hydrogens is 368 g/mol. The van der Waals surface area contributed by atoms with Crippen LogP contribution in [0, 0.1) is 5.92 Å². The van der Waals surface area contributed by atoms with E-state index < -0.39 is 0 Å². The largest absolute Gasteiger partial charge is 0.494 e. The molecule has 1 N–H and O–H groups in total. The molecule has 1 aromatic heterocycles. The highest BCUT2D eigenvalue weighted by Gasteiger charge is 2.37. The maximum atomic E-state index is 12.8. The van der Waals surface area contributed by atoms with Gasteiger partial charge in [-0.05, 0) is 76.4 Å². The molecule has 3 heterocycles. The lowest BCUT2D eigenvalue weighted by atomic mass is 9.95.